The highest BCUT2D eigenvalue weighted by atomic mass is 32.2. The van der Waals surface area contributed by atoms with E-state index in [1.54, 1.807) is 0 Å². The molecule has 3 fully saturated rings. The number of thioether (sulfide) groups is 1. The van der Waals surface area contributed by atoms with Crippen LogP contribution in [-0.2, 0) is 0 Å². The van der Waals surface area contributed by atoms with Crippen molar-refractivity contribution in [3.63, 3.8) is 0 Å². The van der Waals surface area contributed by atoms with Crippen molar-refractivity contribution in [3.05, 3.63) is 0 Å². The molecule has 1 heterocycles. The topological polar surface area (TPSA) is 0 Å². The van der Waals surface area contributed by atoms with Crippen LogP contribution in [0.5, 0.6) is 0 Å². The Morgan fingerprint density at radius 2 is 1.79 bits per heavy atom. The molecule has 0 aromatic rings. The second kappa shape index (κ2) is 4.87. The van der Waals surface area contributed by atoms with Gasteiger partial charge in [-0.15, -0.1) is 11.8 Å². The molecule has 19 heavy (non-hydrogen) atoms. The summed E-state index contributed by atoms with van der Waals surface area (Å²) in [5.74, 6) is 2.77. The summed E-state index contributed by atoms with van der Waals surface area (Å²) in [7, 11) is 0. The Morgan fingerprint density at radius 1 is 1.11 bits per heavy atom. The van der Waals surface area contributed by atoms with Crippen LogP contribution in [-0.4, -0.2) is 15.2 Å². The zero-order valence-corrected chi connectivity index (χ0v) is 14.7. The number of fused-ring (bicyclic) bond motifs is 1. The van der Waals surface area contributed by atoms with Gasteiger partial charge in [0.2, 0.25) is 0 Å². The highest BCUT2D eigenvalue weighted by Gasteiger charge is 2.61. The molecule has 3 aliphatic rings. The van der Waals surface area contributed by atoms with E-state index in [1.807, 2.05) is 0 Å². The average Bonchev–Trinajstić information content (AvgIpc) is 2.99. The normalized spacial score (nSPS) is 50.7. The fraction of sp³-hybridized carbons (Fsp3) is 1.00. The smallest absolute Gasteiger partial charge is 0.0259 e. The predicted molar refractivity (Wildman–Crippen MR) is 90.2 cm³/mol. The third-order valence-electron chi connectivity index (χ3n) is 6.09. The maximum Gasteiger partial charge on any atom is 0.0259 e. The lowest BCUT2D eigenvalue weighted by molar-refractivity contribution is 0.103. The molecule has 0 amide bonds. The standard InChI is InChI=1S/C17H30S2/c1-16(2,3)11-9-13(15-17(4,10-11)19-15)12-7-5-6-8-14(12)18/h11-15,18H,5-10H2,1-4H3. The van der Waals surface area contributed by atoms with Gasteiger partial charge in [-0.2, -0.15) is 12.6 Å². The molecule has 6 atom stereocenters. The second-order valence-corrected chi connectivity index (χ2v) is 10.9. The van der Waals surface area contributed by atoms with Crippen LogP contribution in [0.1, 0.15) is 66.2 Å². The molecule has 110 valence electrons. The minimum atomic E-state index is 0.482. The van der Waals surface area contributed by atoms with Crippen molar-refractivity contribution < 1.29 is 0 Å². The monoisotopic (exact) mass is 298 g/mol. The zero-order chi connectivity index (χ0) is 13.8. The van der Waals surface area contributed by atoms with Crippen LogP contribution < -0.4 is 0 Å². The summed E-state index contributed by atoms with van der Waals surface area (Å²) in [4.78, 5) is 0. The van der Waals surface area contributed by atoms with Gasteiger partial charge in [0.05, 0.1) is 0 Å². The zero-order valence-electron chi connectivity index (χ0n) is 13.0. The van der Waals surface area contributed by atoms with Crippen molar-refractivity contribution in [1.29, 1.82) is 0 Å². The highest BCUT2D eigenvalue weighted by Crippen LogP contribution is 2.68. The number of hydrogen-bond acceptors (Lipinski definition) is 2. The lowest BCUT2D eigenvalue weighted by Crippen LogP contribution is -2.41. The van der Waals surface area contributed by atoms with Gasteiger partial charge in [0, 0.05) is 15.2 Å². The second-order valence-electron chi connectivity index (χ2n) is 8.53. The van der Waals surface area contributed by atoms with Gasteiger partial charge in [0.15, 0.2) is 0 Å². The van der Waals surface area contributed by atoms with E-state index in [2.05, 4.69) is 39.5 Å². The third-order valence-corrected chi connectivity index (χ3v) is 8.56. The van der Waals surface area contributed by atoms with Gasteiger partial charge in [0.1, 0.15) is 0 Å². The number of rotatable bonds is 1. The van der Waals surface area contributed by atoms with Crippen molar-refractivity contribution in [3.8, 4) is 0 Å². The molecule has 0 N–H and O–H groups in total. The third kappa shape index (κ3) is 2.73. The fourth-order valence-corrected chi connectivity index (χ4v) is 6.80. The van der Waals surface area contributed by atoms with Gasteiger partial charge in [-0.1, -0.05) is 33.6 Å². The molecular weight excluding hydrogens is 268 g/mol. The minimum absolute atomic E-state index is 0.482. The summed E-state index contributed by atoms with van der Waals surface area (Å²) in [6.07, 6.45) is 8.59. The van der Waals surface area contributed by atoms with Crippen molar-refractivity contribution in [2.45, 2.75) is 81.5 Å². The summed E-state index contributed by atoms with van der Waals surface area (Å²) < 4.78 is 0.617. The molecule has 1 aliphatic heterocycles. The lowest BCUT2D eigenvalue weighted by Gasteiger charge is -2.44. The average molecular weight is 299 g/mol. The molecule has 3 rings (SSSR count). The lowest BCUT2D eigenvalue weighted by atomic mass is 9.62. The van der Waals surface area contributed by atoms with E-state index in [-0.39, 0.29) is 0 Å². The number of thiol groups is 1. The Morgan fingerprint density at radius 3 is 2.42 bits per heavy atom. The molecule has 2 heteroatoms. The molecule has 0 bridgehead atoms. The van der Waals surface area contributed by atoms with Gasteiger partial charge in [-0.25, -0.2) is 0 Å². The number of hydrogen-bond donors (Lipinski definition) is 1. The Labute approximate surface area is 129 Å². The van der Waals surface area contributed by atoms with Gasteiger partial charge in [-0.05, 0) is 55.8 Å². The van der Waals surface area contributed by atoms with Crippen molar-refractivity contribution >= 4 is 24.4 Å². The molecule has 2 aliphatic carbocycles. The van der Waals surface area contributed by atoms with Gasteiger partial charge in [-0.3, -0.25) is 0 Å². The summed E-state index contributed by atoms with van der Waals surface area (Å²) in [6, 6.07) is 0. The fourth-order valence-electron chi connectivity index (χ4n) is 4.68. The summed E-state index contributed by atoms with van der Waals surface area (Å²) in [5, 5.41) is 1.65. The van der Waals surface area contributed by atoms with Gasteiger partial charge < -0.3 is 0 Å². The highest BCUT2D eigenvalue weighted by molar-refractivity contribution is 8.08. The maximum absolute atomic E-state index is 4.95. The Balaban J connectivity index is 1.77. The summed E-state index contributed by atoms with van der Waals surface area (Å²) in [5.41, 5.74) is 0.482. The first-order valence-corrected chi connectivity index (χ1v) is 9.57. The Bertz CT molecular complexity index is 346. The molecule has 0 aromatic carbocycles. The molecule has 0 nitrogen and oxygen atoms in total. The van der Waals surface area contributed by atoms with E-state index in [9.17, 15) is 0 Å². The van der Waals surface area contributed by atoms with E-state index in [0.717, 1.165) is 23.0 Å². The van der Waals surface area contributed by atoms with E-state index in [1.165, 1.54) is 38.5 Å². The first kappa shape index (κ1) is 14.6. The van der Waals surface area contributed by atoms with Crippen LogP contribution in [0.25, 0.3) is 0 Å². The molecular formula is C17H30S2. The van der Waals surface area contributed by atoms with Crippen molar-refractivity contribution in [2.75, 3.05) is 0 Å². The van der Waals surface area contributed by atoms with Gasteiger partial charge in [0.25, 0.3) is 0 Å². The Kier molecular flexibility index (Phi) is 3.75. The largest absolute Gasteiger partial charge is 0.176 e. The van der Waals surface area contributed by atoms with Crippen LogP contribution in [0.15, 0.2) is 0 Å². The quantitative estimate of drug-likeness (QED) is 0.498. The van der Waals surface area contributed by atoms with E-state index < -0.39 is 0 Å². The van der Waals surface area contributed by atoms with Crippen molar-refractivity contribution in [2.24, 2.45) is 23.2 Å². The van der Waals surface area contributed by atoms with Crippen LogP contribution in [0.4, 0.5) is 0 Å². The van der Waals surface area contributed by atoms with E-state index >= 15 is 0 Å². The van der Waals surface area contributed by atoms with Crippen molar-refractivity contribution in [1.82, 2.24) is 0 Å². The maximum atomic E-state index is 4.95. The molecule has 2 saturated carbocycles. The summed E-state index contributed by atoms with van der Waals surface area (Å²) >= 11 is 7.24. The Hall–Kier alpha value is 0.700. The first-order chi connectivity index (χ1) is 8.81. The van der Waals surface area contributed by atoms with Gasteiger partial charge >= 0.3 is 0 Å². The minimum Gasteiger partial charge on any atom is -0.176 e. The van der Waals surface area contributed by atoms with E-state index in [4.69, 9.17) is 12.6 Å². The molecule has 0 radical (unpaired) electrons. The first-order valence-electron chi connectivity index (χ1n) is 8.17. The van der Waals surface area contributed by atoms with Crippen LogP contribution in [0, 0.1) is 23.2 Å². The SMILES string of the molecule is CC(C)(C)C1CC(C2CCCCC2S)C2SC2(C)C1. The van der Waals surface area contributed by atoms with Crippen LogP contribution in [0.3, 0.4) is 0 Å². The molecule has 1 saturated heterocycles. The molecule has 0 spiro atoms. The summed E-state index contributed by atoms with van der Waals surface area (Å²) in [6.45, 7) is 9.88. The van der Waals surface area contributed by atoms with Crippen LogP contribution in [0.2, 0.25) is 0 Å². The molecule has 0 aromatic heterocycles. The van der Waals surface area contributed by atoms with E-state index in [0.29, 0.717) is 15.4 Å². The van der Waals surface area contributed by atoms with Crippen LogP contribution >= 0.6 is 24.4 Å². The predicted octanol–water partition coefficient (Wildman–Crippen LogP) is 5.42. The molecule has 6 unspecified atom stereocenters.